The van der Waals surface area contributed by atoms with Crippen LogP contribution in [0.15, 0.2) is 53.0 Å². The van der Waals surface area contributed by atoms with Gasteiger partial charge in [0.15, 0.2) is 0 Å². The van der Waals surface area contributed by atoms with Crippen LogP contribution in [0.1, 0.15) is 5.56 Å². The molecule has 0 saturated heterocycles. The predicted molar refractivity (Wildman–Crippen MR) is 81.9 cm³/mol. The van der Waals surface area contributed by atoms with Crippen LogP contribution in [0.3, 0.4) is 0 Å². The summed E-state index contributed by atoms with van der Waals surface area (Å²) in [5, 5.41) is 2.93. The molecule has 0 aromatic heterocycles. The van der Waals surface area contributed by atoms with Crippen LogP contribution >= 0.6 is 15.9 Å². The Morgan fingerprint density at radius 1 is 1.15 bits per heavy atom. The molecule has 0 saturated carbocycles. The summed E-state index contributed by atoms with van der Waals surface area (Å²) in [4.78, 5) is 12.3. The number of amides is 1. The quantitative estimate of drug-likeness (QED) is 0.912. The fraction of sp³-hybridized carbons (Fsp3) is 0.188. The van der Waals surface area contributed by atoms with Gasteiger partial charge >= 0.3 is 0 Å². The van der Waals surface area contributed by atoms with Crippen LogP contribution in [0.5, 0.6) is 5.75 Å². The van der Waals surface area contributed by atoms with Crippen LogP contribution in [0.4, 0.5) is 5.69 Å². The Labute approximate surface area is 126 Å². The zero-order valence-corrected chi connectivity index (χ0v) is 12.4. The average molecular weight is 332 g/mol. The summed E-state index contributed by atoms with van der Waals surface area (Å²) in [6, 6.07) is 15.4. The lowest BCUT2D eigenvalue weighted by atomic mass is 9.96. The number of fused-ring (bicyclic) bond motifs is 1. The number of ether oxygens (including phenoxy) is 1. The molecule has 1 aliphatic rings. The first kappa shape index (κ1) is 13.2. The SMILES string of the molecule is O=C(Nc1ccc(Br)cc1)[C@@H]1COc2ccccc2C1. The second-order valence-electron chi connectivity index (χ2n) is 4.82. The summed E-state index contributed by atoms with van der Waals surface area (Å²) < 4.78 is 6.64. The van der Waals surface area contributed by atoms with Gasteiger partial charge < -0.3 is 10.1 Å². The standard InChI is InChI=1S/C16H14BrNO2/c17-13-5-7-14(8-6-13)18-16(19)12-9-11-3-1-2-4-15(11)20-10-12/h1-8,12H,9-10H2,(H,18,19)/t12-/m0/s1. The summed E-state index contributed by atoms with van der Waals surface area (Å²) in [6.07, 6.45) is 0.721. The van der Waals surface area contributed by atoms with E-state index in [-0.39, 0.29) is 11.8 Å². The second kappa shape index (κ2) is 5.67. The predicted octanol–water partition coefficient (Wildman–Crippen LogP) is 3.64. The number of anilines is 1. The maximum absolute atomic E-state index is 12.3. The van der Waals surface area contributed by atoms with E-state index >= 15 is 0 Å². The van der Waals surface area contributed by atoms with Crippen molar-refractivity contribution in [3.8, 4) is 5.75 Å². The van der Waals surface area contributed by atoms with E-state index in [1.165, 1.54) is 0 Å². The molecule has 0 bridgehead atoms. The lowest BCUT2D eigenvalue weighted by Crippen LogP contribution is -2.32. The summed E-state index contributed by atoms with van der Waals surface area (Å²) in [5.41, 5.74) is 1.90. The molecule has 0 fully saturated rings. The van der Waals surface area contributed by atoms with Crippen molar-refractivity contribution in [3.63, 3.8) is 0 Å². The van der Waals surface area contributed by atoms with Crippen LogP contribution in [0, 0.1) is 5.92 Å². The minimum absolute atomic E-state index is 0.00169. The Hall–Kier alpha value is -1.81. The molecule has 3 rings (SSSR count). The van der Waals surface area contributed by atoms with Crippen LogP contribution in [0.25, 0.3) is 0 Å². The minimum Gasteiger partial charge on any atom is -0.492 e. The van der Waals surface area contributed by atoms with Gasteiger partial charge in [-0.15, -0.1) is 0 Å². The van der Waals surface area contributed by atoms with Gasteiger partial charge in [0.05, 0.1) is 5.92 Å². The lowest BCUT2D eigenvalue weighted by molar-refractivity contribution is -0.121. The first-order chi connectivity index (χ1) is 9.72. The summed E-state index contributed by atoms with van der Waals surface area (Å²) >= 11 is 3.37. The number of hydrogen-bond donors (Lipinski definition) is 1. The molecular weight excluding hydrogens is 318 g/mol. The molecule has 102 valence electrons. The largest absolute Gasteiger partial charge is 0.492 e. The third-order valence-electron chi connectivity index (χ3n) is 3.36. The lowest BCUT2D eigenvalue weighted by Gasteiger charge is -2.24. The Kier molecular flexibility index (Phi) is 3.74. The van der Waals surface area contributed by atoms with Gasteiger partial charge in [0.25, 0.3) is 0 Å². The fourth-order valence-corrected chi connectivity index (χ4v) is 2.54. The molecular formula is C16H14BrNO2. The van der Waals surface area contributed by atoms with Crippen molar-refractivity contribution in [3.05, 3.63) is 58.6 Å². The van der Waals surface area contributed by atoms with Gasteiger partial charge in [-0.3, -0.25) is 4.79 Å². The normalized spacial score (nSPS) is 16.9. The summed E-state index contributed by atoms with van der Waals surface area (Å²) in [7, 11) is 0. The number of nitrogens with one attached hydrogen (secondary N) is 1. The molecule has 1 heterocycles. The number of halogens is 1. The fourth-order valence-electron chi connectivity index (χ4n) is 2.27. The first-order valence-corrected chi connectivity index (χ1v) is 7.29. The molecule has 2 aromatic rings. The third-order valence-corrected chi connectivity index (χ3v) is 3.89. The van der Waals surface area contributed by atoms with E-state index < -0.39 is 0 Å². The molecule has 0 unspecified atom stereocenters. The Morgan fingerprint density at radius 3 is 2.70 bits per heavy atom. The van der Waals surface area contributed by atoms with E-state index in [1.54, 1.807) is 0 Å². The molecule has 2 aromatic carbocycles. The molecule has 20 heavy (non-hydrogen) atoms. The molecule has 0 radical (unpaired) electrons. The van der Waals surface area contributed by atoms with Crippen molar-refractivity contribution >= 4 is 27.5 Å². The molecule has 0 spiro atoms. The smallest absolute Gasteiger partial charge is 0.231 e. The van der Waals surface area contributed by atoms with Crippen molar-refractivity contribution in [1.82, 2.24) is 0 Å². The molecule has 4 heteroatoms. The average Bonchev–Trinajstić information content (AvgIpc) is 2.49. The number of hydrogen-bond acceptors (Lipinski definition) is 2. The van der Waals surface area contributed by atoms with E-state index in [0.717, 1.165) is 27.9 Å². The van der Waals surface area contributed by atoms with Gasteiger partial charge in [0.1, 0.15) is 12.4 Å². The van der Waals surface area contributed by atoms with Crippen molar-refractivity contribution in [1.29, 1.82) is 0 Å². The van der Waals surface area contributed by atoms with Crippen molar-refractivity contribution in [2.75, 3.05) is 11.9 Å². The number of benzene rings is 2. The molecule has 3 nitrogen and oxygen atoms in total. The van der Waals surface area contributed by atoms with E-state index in [2.05, 4.69) is 21.2 Å². The van der Waals surface area contributed by atoms with Gasteiger partial charge in [0, 0.05) is 10.2 Å². The zero-order chi connectivity index (χ0) is 13.9. The van der Waals surface area contributed by atoms with Gasteiger partial charge in [-0.25, -0.2) is 0 Å². The summed E-state index contributed by atoms with van der Waals surface area (Å²) in [5.74, 6) is 0.746. The molecule has 1 N–H and O–H groups in total. The van der Waals surface area contributed by atoms with Crippen molar-refractivity contribution in [2.45, 2.75) is 6.42 Å². The maximum Gasteiger partial charge on any atom is 0.231 e. The van der Waals surface area contributed by atoms with Gasteiger partial charge in [0.2, 0.25) is 5.91 Å². The highest BCUT2D eigenvalue weighted by molar-refractivity contribution is 9.10. The molecule has 0 aliphatic carbocycles. The zero-order valence-electron chi connectivity index (χ0n) is 10.8. The topological polar surface area (TPSA) is 38.3 Å². The van der Waals surface area contributed by atoms with E-state index in [9.17, 15) is 4.79 Å². The Balaban J connectivity index is 1.68. The van der Waals surface area contributed by atoms with E-state index in [4.69, 9.17) is 4.74 Å². The van der Waals surface area contributed by atoms with Gasteiger partial charge in [-0.1, -0.05) is 34.1 Å². The van der Waals surface area contributed by atoms with Gasteiger partial charge in [-0.05, 0) is 42.3 Å². The van der Waals surface area contributed by atoms with Crippen molar-refractivity contribution in [2.24, 2.45) is 5.92 Å². The highest BCUT2D eigenvalue weighted by Crippen LogP contribution is 2.27. The Bertz CT molecular complexity index is 625. The molecule has 1 amide bonds. The highest BCUT2D eigenvalue weighted by atomic mass is 79.9. The van der Waals surface area contributed by atoms with Crippen LogP contribution in [0.2, 0.25) is 0 Å². The molecule has 1 atom stereocenters. The third kappa shape index (κ3) is 2.85. The minimum atomic E-state index is -0.145. The number of carbonyl (C=O) groups excluding carboxylic acids is 1. The molecule has 1 aliphatic heterocycles. The summed E-state index contributed by atoms with van der Waals surface area (Å²) in [6.45, 7) is 0.430. The van der Waals surface area contributed by atoms with Crippen LogP contribution in [-0.2, 0) is 11.2 Å². The van der Waals surface area contributed by atoms with Crippen LogP contribution < -0.4 is 10.1 Å². The highest BCUT2D eigenvalue weighted by Gasteiger charge is 2.25. The van der Waals surface area contributed by atoms with Gasteiger partial charge in [-0.2, -0.15) is 0 Å². The van der Waals surface area contributed by atoms with E-state index in [1.807, 2.05) is 48.5 Å². The Morgan fingerprint density at radius 2 is 1.90 bits per heavy atom. The second-order valence-corrected chi connectivity index (χ2v) is 5.73. The monoisotopic (exact) mass is 331 g/mol. The maximum atomic E-state index is 12.3. The van der Waals surface area contributed by atoms with Crippen LogP contribution in [-0.4, -0.2) is 12.5 Å². The number of rotatable bonds is 2. The number of para-hydroxylation sites is 1. The number of carbonyl (C=O) groups is 1. The first-order valence-electron chi connectivity index (χ1n) is 6.49. The van der Waals surface area contributed by atoms with E-state index in [0.29, 0.717) is 6.61 Å². The van der Waals surface area contributed by atoms with Crippen molar-refractivity contribution < 1.29 is 9.53 Å².